The summed E-state index contributed by atoms with van der Waals surface area (Å²) in [6.45, 7) is 6.10. The van der Waals surface area contributed by atoms with Gasteiger partial charge in [-0.2, -0.15) is 0 Å². The molecule has 2 unspecified atom stereocenters. The Kier molecular flexibility index (Phi) is 1.90. The molecule has 2 atom stereocenters. The molecule has 1 saturated heterocycles. The number of rotatable bonds is 3. The van der Waals surface area contributed by atoms with Crippen LogP contribution in [0.1, 0.15) is 13.3 Å². The van der Waals surface area contributed by atoms with Gasteiger partial charge >= 0.3 is 0 Å². The van der Waals surface area contributed by atoms with Gasteiger partial charge in [0.25, 0.3) is 0 Å². The maximum Gasteiger partial charge on any atom is 0.0342 e. The monoisotopic (exact) mass is 154 g/mol. The Labute approximate surface area is 69.0 Å². The van der Waals surface area contributed by atoms with Crippen LogP contribution in [0, 0.1) is 11.8 Å². The van der Waals surface area contributed by atoms with Gasteiger partial charge in [-0.3, -0.25) is 0 Å². The Bertz CT molecular complexity index is 142. The molecule has 1 aliphatic heterocycles. The van der Waals surface area contributed by atoms with Crippen molar-refractivity contribution in [1.82, 2.24) is 10.2 Å². The van der Waals surface area contributed by atoms with Gasteiger partial charge in [-0.05, 0) is 25.3 Å². The lowest BCUT2D eigenvalue weighted by Crippen LogP contribution is -2.56. The van der Waals surface area contributed by atoms with Gasteiger partial charge in [0.1, 0.15) is 0 Å². The third-order valence-electron chi connectivity index (χ3n) is 3.18. The van der Waals surface area contributed by atoms with Crippen molar-refractivity contribution in [2.75, 3.05) is 26.7 Å². The van der Waals surface area contributed by atoms with Gasteiger partial charge in [0.05, 0.1) is 0 Å². The second-order valence-electron chi connectivity index (χ2n) is 4.22. The molecule has 2 heteroatoms. The molecule has 1 aliphatic carbocycles. The molecule has 0 aromatic rings. The van der Waals surface area contributed by atoms with Crippen molar-refractivity contribution < 1.29 is 0 Å². The zero-order valence-electron chi connectivity index (χ0n) is 7.51. The Morgan fingerprint density at radius 3 is 2.45 bits per heavy atom. The van der Waals surface area contributed by atoms with E-state index in [0.29, 0.717) is 0 Å². The summed E-state index contributed by atoms with van der Waals surface area (Å²) in [6, 6.07) is 0.836. The van der Waals surface area contributed by atoms with E-state index in [1.54, 1.807) is 0 Å². The van der Waals surface area contributed by atoms with Crippen LogP contribution in [0.25, 0.3) is 0 Å². The molecule has 1 N–H and O–H groups in total. The number of hydrogen-bond donors (Lipinski definition) is 1. The van der Waals surface area contributed by atoms with Crippen LogP contribution in [0.4, 0.5) is 0 Å². The molecule has 64 valence electrons. The highest BCUT2D eigenvalue weighted by Gasteiger charge is 2.35. The van der Waals surface area contributed by atoms with Crippen LogP contribution in [0.2, 0.25) is 0 Å². The Hall–Kier alpha value is -0.0800. The van der Waals surface area contributed by atoms with E-state index >= 15 is 0 Å². The molecule has 2 rings (SSSR count). The molecule has 0 aromatic carbocycles. The van der Waals surface area contributed by atoms with Gasteiger partial charge in [0, 0.05) is 25.7 Å². The maximum absolute atomic E-state index is 3.31. The molecule has 2 fully saturated rings. The van der Waals surface area contributed by atoms with Crippen LogP contribution in [0.5, 0.6) is 0 Å². The SMILES string of the molecule is CC1CC1CN(C)C1CNC1. The quantitative estimate of drug-likeness (QED) is 0.638. The van der Waals surface area contributed by atoms with E-state index < -0.39 is 0 Å². The van der Waals surface area contributed by atoms with E-state index in [1.807, 2.05) is 0 Å². The van der Waals surface area contributed by atoms with Crippen LogP contribution in [-0.4, -0.2) is 37.6 Å². The van der Waals surface area contributed by atoms with Crippen LogP contribution in [0.15, 0.2) is 0 Å². The van der Waals surface area contributed by atoms with Crippen molar-refractivity contribution >= 4 is 0 Å². The smallest absolute Gasteiger partial charge is 0.0342 e. The van der Waals surface area contributed by atoms with Crippen molar-refractivity contribution in [3.8, 4) is 0 Å². The van der Waals surface area contributed by atoms with Gasteiger partial charge in [0.15, 0.2) is 0 Å². The van der Waals surface area contributed by atoms with Crippen molar-refractivity contribution in [3.63, 3.8) is 0 Å². The highest BCUT2D eigenvalue weighted by atomic mass is 15.2. The van der Waals surface area contributed by atoms with Gasteiger partial charge in [-0.1, -0.05) is 6.92 Å². The van der Waals surface area contributed by atoms with E-state index in [2.05, 4.69) is 24.2 Å². The molecular weight excluding hydrogens is 136 g/mol. The minimum Gasteiger partial charge on any atom is -0.314 e. The summed E-state index contributed by atoms with van der Waals surface area (Å²) >= 11 is 0. The van der Waals surface area contributed by atoms with E-state index in [-0.39, 0.29) is 0 Å². The highest BCUT2D eigenvalue weighted by molar-refractivity contribution is 4.89. The fraction of sp³-hybridized carbons (Fsp3) is 1.00. The normalized spacial score (nSPS) is 37.4. The van der Waals surface area contributed by atoms with Gasteiger partial charge in [-0.25, -0.2) is 0 Å². The summed E-state index contributed by atoms with van der Waals surface area (Å²) in [7, 11) is 2.26. The van der Waals surface area contributed by atoms with Crippen molar-refractivity contribution in [1.29, 1.82) is 0 Å². The van der Waals surface area contributed by atoms with Crippen LogP contribution in [-0.2, 0) is 0 Å². The molecule has 11 heavy (non-hydrogen) atoms. The second-order valence-corrected chi connectivity index (χ2v) is 4.22. The van der Waals surface area contributed by atoms with Crippen LogP contribution in [0.3, 0.4) is 0 Å². The molecule has 1 heterocycles. The van der Waals surface area contributed by atoms with Crippen molar-refractivity contribution in [2.24, 2.45) is 11.8 Å². The van der Waals surface area contributed by atoms with Crippen LogP contribution >= 0.6 is 0 Å². The predicted octanol–water partition coefficient (Wildman–Crippen LogP) is 0.546. The Morgan fingerprint density at radius 1 is 1.45 bits per heavy atom. The molecule has 0 radical (unpaired) electrons. The predicted molar refractivity (Wildman–Crippen MR) is 46.6 cm³/mol. The number of nitrogens with zero attached hydrogens (tertiary/aromatic N) is 1. The lowest BCUT2D eigenvalue weighted by atomic mass is 10.1. The summed E-state index contributed by atoms with van der Waals surface area (Å²) in [4.78, 5) is 2.52. The summed E-state index contributed by atoms with van der Waals surface area (Å²) in [5.41, 5.74) is 0. The highest BCUT2D eigenvalue weighted by Crippen LogP contribution is 2.38. The molecule has 0 spiro atoms. The maximum atomic E-state index is 3.31. The molecular formula is C9H18N2. The second kappa shape index (κ2) is 2.76. The van der Waals surface area contributed by atoms with Gasteiger partial charge in [0.2, 0.25) is 0 Å². The third kappa shape index (κ3) is 1.57. The molecule has 0 aromatic heterocycles. The molecule has 0 amide bonds. The summed E-state index contributed by atoms with van der Waals surface area (Å²) in [6.07, 6.45) is 1.46. The van der Waals surface area contributed by atoms with Crippen molar-refractivity contribution in [2.45, 2.75) is 19.4 Å². The summed E-state index contributed by atoms with van der Waals surface area (Å²) in [5.74, 6) is 2.02. The van der Waals surface area contributed by atoms with E-state index in [9.17, 15) is 0 Å². The number of likely N-dealkylation sites (N-methyl/N-ethyl adjacent to an activating group) is 1. The van der Waals surface area contributed by atoms with Gasteiger partial charge < -0.3 is 10.2 Å². The summed E-state index contributed by atoms with van der Waals surface area (Å²) in [5, 5.41) is 3.31. The fourth-order valence-corrected chi connectivity index (χ4v) is 1.76. The van der Waals surface area contributed by atoms with Gasteiger partial charge in [-0.15, -0.1) is 0 Å². The lowest BCUT2D eigenvalue weighted by Gasteiger charge is -2.35. The van der Waals surface area contributed by atoms with Crippen molar-refractivity contribution in [3.05, 3.63) is 0 Å². The number of hydrogen-bond acceptors (Lipinski definition) is 2. The molecule has 1 saturated carbocycles. The third-order valence-corrected chi connectivity index (χ3v) is 3.18. The first-order valence-electron chi connectivity index (χ1n) is 4.68. The molecule has 0 bridgehead atoms. The standard InChI is InChI=1S/C9H18N2/c1-7-3-8(7)6-11(2)9-4-10-5-9/h7-10H,3-6H2,1-2H3. The van der Waals surface area contributed by atoms with E-state index in [1.165, 1.54) is 26.1 Å². The zero-order valence-corrected chi connectivity index (χ0v) is 7.51. The lowest BCUT2D eigenvalue weighted by molar-refractivity contribution is 0.172. The average molecular weight is 154 g/mol. The summed E-state index contributed by atoms with van der Waals surface area (Å²) < 4.78 is 0. The minimum atomic E-state index is 0.836. The largest absolute Gasteiger partial charge is 0.314 e. The Morgan fingerprint density at radius 2 is 2.09 bits per heavy atom. The first kappa shape index (κ1) is 7.56. The zero-order chi connectivity index (χ0) is 7.84. The fourth-order valence-electron chi connectivity index (χ4n) is 1.76. The molecule has 2 nitrogen and oxygen atoms in total. The first-order valence-corrected chi connectivity index (χ1v) is 4.68. The Balaban J connectivity index is 1.68. The number of nitrogens with one attached hydrogen (secondary N) is 1. The van der Waals surface area contributed by atoms with Crippen LogP contribution < -0.4 is 5.32 Å². The minimum absolute atomic E-state index is 0.836. The first-order chi connectivity index (χ1) is 5.27. The average Bonchev–Trinajstić information content (AvgIpc) is 2.40. The molecule has 2 aliphatic rings. The topological polar surface area (TPSA) is 15.3 Å². The van der Waals surface area contributed by atoms with E-state index in [0.717, 1.165) is 17.9 Å². The van der Waals surface area contributed by atoms with E-state index in [4.69, 9.17) is 0 Å².